The van der Waals surface area contributed by atoms with Crippen LogP contribution in [0.4, 0.5) is 0 Å². The Morgan fingerprint density at radius 3 is 1.75 bits per heavy atom. The summed E-state index contributed by atoms with van der Waals surface area (Å²) >= 11 is 0. The van der Waals surface area contributed by atoms with Crippen LogP contribution in [-0.2, 0) is 15.7 Å². The van der Waals surface area contributed by atoms with Gasteiger partial charge in [-0.25, -0.2) is 8.42 Å². The van der Waals surface area contributed by atoms with Crippen LogP contribution in [0.15, 0.2) is 0 Å². The minimum absolute atomic E-state index is 0.819. The molecule has 0 radical (unpaired) electrons. The summed E-state index contributed by atoms with van der Waals surface area (Å²) < 4.78 is 28.7. The van der Waals surface area contributed by atoms with Crippen LogP contribution in [0.2, 0.25) is 0 Å². The van der Waals surface area contributed by atoms with Gasteiger partial charge < -0.3 is 4.74 Å². The molecular formula is C3H10O4S. The SMILES string of the molecule is CCOC.O=[SH](=O)O. The van der Waals surface area contributed by atoms with Crippen molar-refractivity contribution >= 4 is 11.0 Å². The van der Waals surface area contributed by atoms with E-state index in [-0.39, 0.29) is 0 Å². The Morgan fingerprint density at radius 2 is 1.75 bits per heavy atom. The molecule has 0 heterocycles. The second kappa shape index (κ2) is 9.98. The van der Waals surface area contributed by atoms with E-state index in [2.05, 4.69) is 4.74 Å². The Bertz CT molecular complexity index is 77.3. The first kappa shape index (κ1) is 10.8. The highest BCUT2D eigenvalue weighted by Gasteiger charge is 1.51. The van der Waals surface area contributed by atoms with E-state index in [1.807, 2.05) is 6.92 Å². The number of hydrogen-bond donors (Lipinski definition) is 2. The van der Waals surface area contributed by atoms with Crippen LogP contribution in [-0.4, -0.2) is 26.7 Å². The molecule has 0 amide bonds. The number of methoxy groups -OCH3 is 1. The predicted octanol–water partition coefficient (Wildman–Crippen LogP) is -0.277. The maximum atomic E-state index is 8.59. The molecule has 1 N–H and O–H groups in total. The Kier molecular flexibility index (Phi) is 13.4. The lowest BCUT2D eigenvalue weighted by Gasteiger charge is -1.76. The lowest BCUT2D eigenvalue weighted by atomic mass is 10.9. The van der Waals surface area contributed by atoms with E-state index < -0.39 is 11.0 Å². The first-order chi connectivity index (χ1) is 3.65. The van der Waals surface area contributed by atoms with Crippen molar-refractivity contribution in [2.45, 2.75) is 6.92 Å². The molecule has 4 nitrogen and oxygen atoms in total. The zero-order chi connectivity index (χ0) is 6.99. The van der Waals surface area contributed by atoms with Gasteiger partial charge in [0.05, 0.1) is 0 Å². The standard InChI is InChI=1S/C3H8O.H2O3S/c1-3-4-2;1-4(2)3/h3H2,1-2H3;4H,(H,1,2,3). The van der Waals surface area contributed by atoms with Crippen LogP contribution in [0.1, 0.15) is 6.92 Å². The number of rotatable bonds is 1. The van der Waals surface area contributed by atoms with Crippen LogP contribution in [0.25, 0.3) is 0 Å². The quantitative estimate of drug-likeness (QED) is 0.390. The maximum Gasteiger partial charge on any atom is 0.254 e. The van der Waals surface area contributed by atoms with Gasteiger partial charge in [0.1, 0.15) is 0 Å². The fraction of sp³-hybridized carbons (Fsp3) is 1.00. The molecular weight excluding hydrogens is 132 g/mol. The van der Waals surface area contributed by atoms with Crippen molar-refractivity contribution in [1.82, 2.24) is 0 Å². The summed E-state index contributed by atoms with van der Waals surface area (Å²) in [5.74, 6) is 0. The van der Waals surface area contributed by atoms with Crippen molar-refractivity contribution in [1.29, 1.82) is 0 Å². The zero-order valence-electron chi connectivity index (χ0n) is 4.83. The van der Waals surface area contributed by atoms with Crippen molar-refractivity contribution < 1.29 is 17.7 Å². The minimum atomic E-state index is -3.12. The second-order valence-electron chi connectivity index (χ2n) is 0.815. The second-order valence-corrected chi connectivity index (χ2v) is 1.29. The van der Waals surface area contributed by atoms with Crippen LogP contribution >= 0.6 is 0 Å². The molecule has 0 saturated carbocycles. The van der Waals surface area contributed by atoms with Crippen molar-refractivity contribution in [2.75, 3.05) is 13.7 Å². The molecule has 0 atom stereocenters. The molecule has 0 aliphatic carbocycles. The average Bonchev–Trinajstić information content (AvgIpc) is 1.65. The van der Waals surface area contributed by atoms with Crippen molar-refractivity contribution in [3.8, 4) is 0 Å². The summed E-state index contributed by atoms with van der Waals surface area (Å²) in [7, 11) is -1.44. The van der Waals surface area contributed by atoms with Gasteiger partial charge >= 0.3 is 0 Å². The van der Waals surface area contributed by atoms with Crippen LogP contribution < -0.4 is 0 Å². The van der Waals surface area contributed by atoms with Gasteiger partial charge in [-0.15, -0.1) is 0 Å². The molecule has 0 spiro atoms. The molecule has 0 aromatic rings. The Hall–Kier alpha value is -0.130. The first-order valence-electron chi connectivity index (χ1n) is 1.97. The highest BCUT2D eigenvalue weighted by molar-refractivity contribution is 7.66. The first-order valence-corrected chi connectivity index (χ1v) is 3.10. The molecule has 0 unspecified atom stereocenters. The summed E-state index contributed by atoms with van der Waals surface area (Å²) in [6, 6.07) is 0. The summed E-state index contributed by atoms with van der Waals surface area (Å²) in [4.78, 5) is 0. The molecule has 0 fully saturated rings. The third-order valence-corrected chi connectivity index (χ3v) is 0.289. The third-order valence-electron chi connectivity index (χ3n) is 0.289. The van der Waals surface area contributed by atoms with Crippen molar-refractivity contribution in [3.63, 3.8) is 0 Å². The zero-order valence-corrected chi connectivity index (χ0v) is 5.72. The van der Waals surface area contributed by atoms with Gasteiger partial charge in [-0.1, -0.05) is 0 Å². The van der Waals surface area contributed by atoms with Gasteiger partial charge in [-0.3, -0.25) is 4.55 Å². The van der Waals surface area contributed by atoms with Crippen molar-refractivity contribution in [3.05, 3.63) is 0 Å². The Morgan fingerprint density at radius 1 is 1.62 bits per heavy atom. The molecule has 52 valence electrons. The number of thiol groups is 1. The van der Waals surface area contributed by atoms with Gasteiger partial charge in [0, 0.05) is 13.7 Å². The van der Waals surface area contributed by atoms with E-state index in [4.69, 9.17) is 13.0 Å². The summed E-state index contributed by atoms with van der Waals surface area (Å²) in [6.07, 6.45) is 0. The van der Waals surface area contributed by atoms with Crippen LogP contribution in [0, 0.1) is 0 Å². The fourth-order valence-electron chi connectivity index (χ4n) is 0. The summed E-state index contributed by atoms with van der Waals surface area (Å²) in [5.41, 5.74) is 0. The Labute approximate surface area is 50.2 Å². The minimum Gasteiger partial charge on any atom is -0.385 e. The topological polar surface area (TPSA) is 63.6 Å². The molecule has 5 heteroatoms. The third kappa shape index (κ3) is 184. The average molecular weight is 142 g/mol. The highest BCUT2D eigenvalue weighted by Crippen LogP contribution is 1.52. The summed E-state index contributed by atoms with van der Waals surface area (Å²) in [6.45, 7) is 2.78. The van der Waals surface area contributed by atoms with Crippen LogP contribution in [0.5, 0.6) is 0 Å². The molecule has 0 aliphatic rings. The maximum absolute atomic E-state index is 8.59. The van der Waals surface area contributed by atoms with E-state index >= 15 is 0 Å². The molecule has 0 bridgehead atoms. The smallest absolute Gasteiger partial charge is 0.254 e. The lowest BCUT2D eigenvalue weighted by Crippen LogP contribution is -1.73. The molecule has 0 aromatic heterocycles. The predicted molar refractivity (Wildman–Crippen MR) is 30.5 cm³/mol. The fourth-order valence-corrected chi connectivity index (χ4v) is 0. The molecule has 0 aliphatic heterocycles. The molecule has 0 aromatic carbocycles. The van der Waals surface area contributed by atoms with E-state index in [0.717, 1.165) is 6.61 Å². The molecule has 0 saturated heterocycles. The van der Waals surface area contributed by atoms with E-state index in [9.17, 15) is 0 Å². The van der Waals surface area contributed by atoms with Gasteiger partial charge in [0.2, 0.25) is 0 Å². The monoisotopic (exact) mass is 142 g/mol. The molecule has 0 rings (SSSR count). The van der Waals surface area contributed by atoms with Crippen LogP contribution in [0.3, 0.4) is 0 Å². The normalized spacial score (nSPS) is 8.00. The number of ether oxygens (including phenoxy) is 1. The van der Waals surface area contributed by atoms with E-state index in [1.165, 1.54) is 0 Å². The lowest BCUT2D eigenvalue weighted by molar-refractivity contribution is 0.215. The van der Waals surface area contributed by atoms with Gasteiger partial charge in [0.15, 0.2) is 0 Å². The summed E-state index contributed by atoms with van der Waals surface area (Å²) in [5, 5.41) is 0. The van der Waals surface area contributed by atoms with E-state index in [1.54, 1.807) is 7.11 Å². The Balaban J connectivity index is 0. The number of hydrogen-bond acceptors (Lipinski definition) is 3. The van der Waals surface area contributed by atoms with Gasteiger partial charge in [-0.05, 0) is 6.92 Å². The molecule has 8 heavy (non-hydrogen) atoms. The van der Waals surface area contributed by atoms with Crippen molar-refractivity contribution in [2.24, 2.45) is 0 Å². The largest absolute Gasteiger partial charge is 0.385 e. The van der Waals surface area contributed by atoms with Gasteiger partial charge in [-0.2, -0.15) is 0 Å². The van der Waals surface area contributed by atoms with Gasteiger partial charge in [0.25, 0.3) is 11.0 Å². The van der Waals surface area contributed by atoms with E-state index in [0.29, 0.717) is 0 Å². The highest BCUT2D eigenvalue weighted by atomic mass is 32.2.